The fourth-order valence-electron chi connectivity index (χ4n) is 3.55. The smallest absolute Gasteiger partial charge is 0.263 e. The third-order valence-corrected chi connectivity index (χ3v) is 8.38. The van der Waals surface area contributed by atoms with Crippen LogP contribution in [0.5, 0.6) is 0 Å². The third-order valence-electron chi connectivity index (χ3n) is 5.31. The molecule has 0 aliphatic rings. The number of nitrogens with one attached hydrogen (secondary N) is 3. The first-order valence-electron chi connectivity index (χ1n) is 10.6. The normalized spacial score (nSPS) is 11.5. The van der Waals surface area contributed by atoms with Crippen molar-refractivity contribution in [2.45, 2.75) is 11.4 Å². The maximum absolute atomic E-state index is 13.0. The van der Waals surface area contributed by atoms with Crippen LogP contribution in [0.4, 0.5) is 10.8 Å². The number of thiazole rings is 1. The van der Waals surface area contributed by atoms with E-state index in [1.165, 1.54) is 35.7 Å². The van der Waals surface area contributed by atoms with E-state index in [-0.39, 0.29) is 27.4 Å². The Hall–Kier alpha value is -3.71. The summed E-state index contributed by atoms with van der Waals surface area (Å²) < 4.78 is 28.1. The number of sulfonamides is 1. The van der Waals surface area contributed by atoms with Crippen LogP contribution in [0.3, 0.4) is 0 Å². The molecule has 2 aromatic carbocycles. The van der Waals surface area contributed by atoms with Gasteiger partial charge in [0.1, 0.15) is 4.90 Å². The molecule has 1 amide bonds. The maximum atomic E-state index is 13.0. The van der Waals surface area contributed by atoms with E-state index >= 15 is 0 Å². The predicted octanol–water partition coefficient (Wildman–Crippen LogP) is 4.70. The van der Waals surface area contributed by atoms with Crippen molar-refractivity contribution in [1.29, 1.82) is 0 Å². The summed E-state index contributed by atoms with van der Waals surface area (Å²) in [7, 11) is -3.97. The monoisotopic (exact) mass is 573 g/mol. The molecule has 0 saturated carbocycles. The molecule has 5 N–H and O–H groups in total. The van der Waals surface area contributed by atoms with E-state index in [4.69, 9.17) is 28.9 Å². The molecule has 0 fully saturated rings. The molecular formula is C23H17Cl2N7O3S2. The highest BCUT2D eigenvalue weighted by Gasteiger charge is 2.20. The van der Waals surface area contributed by atoms with Crippen molar-refractivity contribution in [3.05, 3.63) is 81.4 Å². The van der Waals surface area contributed by atoms with Crippen LogP contribution >= 0.6 is 34.5 Å². The molecule has 188 valence electrons. The number of carbonyl (C=O) groups is 1. The summed E-state index contributed by atoms with van der Waals surface area (Å²) in [6.45, 7) is 0.217. The van der Waals surface area contributed by atoms with E-state index in [2.05, 4.69) is 30.2 Å². The number of nitrogens with zero attached hydrogens (tertiary/aromatic N) is 3. The molecular weight excluding hydrogens is 557 g/mol. The number of nitrogens with two attached hydrogens (primary N) is 1. The fourth-order valence-corrected chi connectivity index (χ4v) is 5.93. The van der Waals surface area contributed by atoms with Gasteiger partial charge >= 0.3 is 0 Å². The highest BCUT2D eigenvalue weighted by Crippen LogP contribution is 2.31. The molecule has 0 atom stereocenters. The first-order chi connectivity index (χ1) is 17.7. The van der Waals surface area contributed by atoms with Gasteiger partial charge in [-0.3, -0.25) is 14.6 Å². The molecule has 14 heteroatoms. The standard InChI is InChI=1S/C23H17Cl2N7O3S2/c24-17-2-1-3-19(20(17)25)37(34,35)32-13-6-4-12(5-7-13)18-8-15(16-10-28-31-21(16)30-18)22(33)27-9-14-11-36-23(26)29-14/h1-8,10-11,32H,9H2,(H2,26,29)(H,27,33)(H,28,30,31). The Labute approximate surface area is 224 Å². The lowest BCUT2D eigenvalue weighted by atomic mass is 10.1. The Kier molecular flexibility index (Phi) is 6.73. The summed E-state index contributed by atoms with van der Waals surface area (Å²) in [5.41, 5.74) is 8.57. The Morgan fingerprint density at radius 1 is 1.11 bits per heavy atom. The number of pyridine rings is 1. The lowest BCUT2D eigenvalue weighted by Gasteiger charge is -2.11. The van der Waals surface area contributed by atoms with E-state index in [0.29, 0.717) is 44.4 Å². The minimum atomic E-state index is -3.97. The molecule has 5 rings (SSSR count). The van der Waals surface area contributed by atoms with Gasteiger partial charge in [-0.2, -0.15) is 5.10 Å². The van der Waals surface area contributed by atoms with E-state index in [1.54, 1.807) is 35.7 Å². The number of anilines is 2. The Bertz CT molecular complexity index is 1740. The number of aromatic nitrogens is 4. The number of fused-ring (bicyclic) bond motifs is 1. The number of aromatic amines is 1. The van der Waals surface area contributed by atoms with Gasteiger partial charge in [-0.1, -0.05) is 41.4 Å². The Morgan fingerprint density at radius 2 is 1.89 bits per heavy atom. The number of halogens is 2. The molecule has 3 aromatic heterocycles. The summed E-state index contributed by atoms with van der Waals surface area (Å²) in [6.07, 6.45) is 1.53. The van der Waals surface area contributed by atoms with Gasteiger partial charge in [0, 0.05) is 16.6 Å². The molecule has 0 bridgehead atoms. The van der Waals surface area contributed by atoms with Gasteiger partial charge in [0.15, 0.2) is 10.8 Å². The third kappa shape index (κ3) is 5.23. The number of rotatable bonds is 7. The van der Waals surface area contributed by atoms with E-state index in [1.807, 2.05) is 0 Å². The SMILES string of the molecule is Nc1nc(CNC(=O)c2cc(-c3ccc(NS(=O)(=O)c4cccc(Cl)c4Cl)cc3)nc3[nH]ncc23)cs1. The zero-order chi connectivity index (χ0) is 26.2. The van der Waals surface area contributed by atoms with Crippen LogP contribution in [0.2, 0.25) is 10.0 Å². The highest BCUT2D eigenvalue weighted by atomic mass is 35.5. The van der Waals surface area contributed by atoms with Crippen molar-refractivity contribution >= 4 is 72.3 Å². The lowest BCUT2D eigenvalue weighted by molar-refractivity contribution is 0.0952. The van der Waals surface area contributed by atoms with Crippen LogP contribution in [-0.4, -0.2) is 34.5 Å². The summed E-state index contributed by atoms with van der Waals surface area (Å²) >= 11 is 13.3. The van der Waals surface area contributed by atoms with Crippen LogP contribution in [0.25, 0.3) is 22.3 Å². The summed E-state index contributed by atoms with van der Waals surface area (Å²) in [5, 5.41) is 12.5. The van der Waals surface area contributed by atoms with Crippen molar-refractivity contribution in [3.63, 3.8) is 0 Å². The van der Waals surface area contributed by atoms with Crippen LogP contribution in [0.1, 0.15) is 16.1 Å². The molecule has 37 heavy (non-hydrogen) atoms. The highest BCUT2D eigenvalue weighted by molar-refractivity contribution is 7.92. The molecule has 3 heterocycles. The van der Waals surface area contributed by atoms with Crippen LogP contribution in [-0.2, 0) is 16.6 Å². The van der Waals surface area contributed by atoms with Gasteiger partial charge in [-0.25, -0.2) is 18.4 Å². The van der Waals surface area contributed by atoms with Crippen molar-refractivity contribution in [2.75, 3.05) is 10.5 Å². The second-order valence-corrected chi connectivity index (χ2v) is 11.1. The number of nitrogen functional groups attached to an aromatic ring is 1. The molecule has 0 aliphatic heterocycles. The first-order valence-corrected chi connectivity index (χ1v) is 13.7. The molecule has 0 aliphatic carbocycles. The maximum Gasteiger partial charge on any atom is 0.263 e. The van der Waals surface area contributed by atoms with Crippen LogP contribution in [0.15, 0.2) is 65.0 Å². The molecule has 0 spiro atoms. The molecule has 10 nitrogen and oxygen atoms in total. The average molecular weight is 574 g/mol. The van der Waals surface area contributed by atoms with Crippen molar-refractivity contribution < 1.29 is 13.2 Å². The summed E-state index contributed by atoms with van der Waals surface area (Å²) in [5.74, 6) is -0.329. The Morgan fingerprint density at radius 3 is 2.62 bits per heavy atom. The minimum absolute atomic E-state index is 0.0607. The summed E-state index contributed by atoms with van der Waals surface area (Å²) in [6, 6.07) is 12.5. The fraction of sp³-hybridized carbons (Fsp3) is 0.0435. The number of hydrogen-bond acceptors (Lipinski definition) is 8. The van der Waals surface area contributed by atoms with Crippen LogP contribution in [0, 0.1) is 0 Å². The van der Waals surface area contributed by atoms with Crippen molar-refractivity contribution in [3.8, 4) is 11.3 Å². The van der Waals surface area contributed by atoms with Gasteiger partial charge < -0.3 is 11.1 Å². The van der Waals surface area contributed by atoms with Gasteiger partial charge in [0.05, 0.1) is 45.1 Å². The average Bonchev–Trinajstić information content (AvgIpc) is 3.52. The van der Waals surface area contributed by atoms with Crippen LogP contribution < -0.4 is 15.8 Å². The second kappa shape index (κ2) is 9.98. The number of hydrogen-bond donors (Lipinski definition) is 4. The summed E-state index contributed by atoms with van der Waals surface area (Å²) in [4.78, 5) is 21.5. The molecule has 0 unspecified atom stereocenters. The number of benzene rings is 2. The van der Waals surface area contributed by atoms with Gasteiger partial charge in [0.2, 0.25) is 0 Å². The van der Waals surface area contributed by atoms with E-state index in [0.717, 1.165) is 0 Å². The quantitative estimate of drug-likeness (QED) is 0.220. The largest absolute Gasteiger partial charge is 0.375 e. The molecule has 5 aromatic rings. The Balaban J connectivity index is 1.40. The predicted molar refractivity (Wildman–Crippen MR) is 144 cm³/mol. The number of carbonyl (C=O) groups excluding carboxylic acids is 1. The van der Waals surface area contributed by atoms with E-state index < -0.39 is 10.0 Å². The first kappa shape index (κ1) is 25.0. The minimum Gasteiger partial charge on any atom is -0.375 e. The van der Waals surface area contributed by atoms with Gasteiger partial charge in [-0.15, -0.1) is 11.3 Å². The van der Waals surface area contributed by atoms with E-state index in [9.17, 15) is 13.2 Å². The van der Waals surface area contributed by atoms with Crippen molar-refractivity contribution in [2.24, 2.45) is 0 Å². The molecule has 0 saturated heterocycles. The van der Waals surface area contributed by atoms with Gasteiger partial charge in [0.25, 0.3) is 15.9 Å². The zero-order valence-corrected chi connectivity index (χ0v) is 21.8. The zero-order valence-electron chi connectivity index (χ0n) is 18.7. The number of amides is 1. The molecule has 0 radical (unpaired) electrons. The van der Waals surface area contributed by atoms with Gasteiger partial charge in [-0.05, 0) is 30.3 Å². The lowest BCUT2D eigenvalue weighted by Crippen LogP contribution is -2.23. The topological polar surface area (TPSA) is 156 Å². The van der Waals surface area contributed by atoms with Crippen molar-refractivity contribution in [1.82, 2.24) is 25.5 Å². The number of H-pyrrole nitrogens is 1. The second-order valence-electron chi connectivity index (χ2n) is 7.78.